The maximum Gasteiger partial charge on any atom is 0.337 e. The molecule has 24 heavy (non-hydrogen) atoms. The second kappa shape index (κ2) is 6.78. The number of amides is 1. The number of nitrogens with zero attached hydrogens (tertiary/aromatic N) is 3. The number of carboxylic acids is 1. The summed E-state index contributed by atoms with van der Waals surface area (Å²) in [5.41, 5.74) is 3.07. The van der Waals surface area contributed by atoms with Crippen LogP contribution in [-0.2, 0) is 17.6 Å². The van der Waals surface area contributed by atoms with E-state index in [0.29, 0.717) is 43.6 Å². The van der Waals surface area contributed by atoms with Gasteiger partial charge in [0.2, 0.25) is 5.91 Å². The number of carbonyl (C=O) groups is 2. The molecule has 0 aliphatic carbocycles. The summed E-state index contributed by atoms with van der Waals surface area (Å²) in [6.07, 6.45) is 4.99. The smallest absolute Gasteiger partial charge is 0.337 e. The number of fused-ring (bicyclic) bond motifs is 1. The van der Waals surface area contributed by atoms with Crippen LogP contribution < -0.4 is 0 Å². The predicted octanol–water partition coefficient (Wildman–Crippen LogP) is 2.18. The van der Waals surface area contributed by atoms with Crippen LogP contribution in [-0.4, -0.2) is 44.9 Å². The van der Waals surface area contributed by atoms with E-state index >= 15 is 0 Å². The SMILES string of the molecule is CCC(=O)N1CCc2cc(C(=O)O)c(-c3cccnc3)nc2CC1. The minimum absolute atomic E-state index is 0.119. The van der Waals surface area contributed by atoms with E-state index < -0.39 is 5.97 Å². The highest BCUT2D eigenvalue weighted by atomic mass is 16.4. The fourth-order valence-corrected chi connectivity index (χ4v) is 2.99. The van der Waals surface area contributed by atoms with Crippen LogP contribution in [0.25, 0.3) is 11.3 Å². The molecule has 0 aromatic carbocycles. The highest BCUT2D eigenvalue weighted by Crippen LogP contribution is 2.26. The number of pyridine rings is 2. The van der Waals surface area contributed by atoms with Gasteiger partial charge in [-0.15, -0.1) is 0 Å². The van der Waals surface area contributed by atoms with Gasteiger partial charge in [-0.2, -0.15) is 0 Å². The van der Waals surface area contributed by atoms with Gasteiger partial charge in [0.1, 0.15) is 0 Å². The molecule has 0 saturated carbocycles. The van der Waals surface area contributed by atoms with Crippen LogP contribution in [0.4, 0.5) is 0 Å². The lowest BCUT2D eigenvalue weighted by molar-refractivity contribution is -0.130. The third kappa shape index (κ3) is 3.13. The summed E-state index contributed by atoms with van der Waals surface area (Å²) < 4.78 is 0. The van der Waals surface area contributed by atoms with Crippen LogP contribution in [0.2, 0.25) is 0 Å². The molecule has 6 heteroatoms. The van der Waals surface area contributed by atoms with Crippen molar-refractivity contribution in [2.75, 3.05) is 13.1 Å². The Hall–Kier alpha value is -2.76. The van der Waals surface area contributed by atoms with Gasteiger partial charge in [0.15, 0.2) is 0 Å². The Balaban J connectivity index is 2.02. The zero-order valence-corrected chi connectivity index (χ0v) is 13.5. The zero-order valence-electron chi connectivity index (χ0n) is 13.5. The van der Waals surface area contributed by atoms with Crippen LogP contribution in [0.5, 0.6) is 0 Å². The molecular formula is C18H19N3O3. The Labute approximate surface area is 140 Å². The Bertz CT molecular complexity index is 775. The molecule has 1 amide bonds. The minimum Gasteiger partial charge on any atom is -0.478 e. The molecule has 3 heterocycles. The monoisotopic (exact) mass is 325 g/mol. The summed E-state index contributed by atoms with van der Waals surface area (Å²) in [5.74, 6) is -0.886. The highest BCUT2D eigenvalue weighted by Gasteiger charge is 2.22. The molecule has 0 radical (unpaired) electrons. The zero-order chi connectivity index (χ0) is 17.1. The van der Waals surface area contributed by atoms with Crippen molar-refractivity contribution < 1.29 is 14.7 Å². The van der Waals surface area contributed by atoms with Crippen molar-refractivity contribution in [3.8, 4) is 11.3 Å². The molecule has 2 aromatic heterocycles. The van der Waals surface area contributed by atoms with E-state index in [4.69, 9.17) is 0 Å². The van der Waals surface area contributed by atoms with Crippen LogP contribution in [0.1, 0.15) is 35.0 Å². The molecule has 2 aromatic rings. The summed E-state index contributed by atoms with van der Waals surface area (Å²) >= 11 is 0. The van der Waals surface area contributed by atoms with Gasteiger partial charge in [-0.1, -0.05) is 6.92 Å². The number of carboxylic acid groups (broad SMARTS) is 1. The third-order valence-electron chi connectivity index (χ3n) is 4.28. The van der Waals surface area contributed by atoms with Crippen molar-refractivity contribution in [1.82, 2.24) is 14.9 Å². The molecular weight excluding hydrogens is 306 g/mol. The topological polar surface area (TPSA) is 83.4 Å². The third-order valence-corrected chi connectivity index (χ3v) is 4.28. The Morgan fingerprint density at radius 1 is 1.29 bits per heavy atom. The van der Waals surface area contributed by atoms with Crippen molar-refractivity contribution in [3.63, 3.8) is 0 Å². The van der Waals surface area contributed by atoms with Crippen molar-refractivity contribution in [3.05, 3.63) is 47.4 Å². The summed E-state index contributed by atoms with van der Waals surface area (Å²) in [6.45, 7) is 3.07. The number of rotatable bonds is 3. The summed E-state index contributed by atoms with van der Waals surface area (Å²) in [6, 6.07) is 5.26. The fourth-order valence-electron chi connectivity index (χ4n) is 2.99. The largest absolute Gasteiger partial charge is 0.478 e. The van der Waals surface area contributed by atoms with E-state index in [2.05, 4.69) is 9.97 Å². The van der Waals surface area contributed by atoms with Crippen LogP contribution in [0, 0.1) is 0 Å². The maximum absolute atomic E-state index is 11.9. The van der Waals surface area contributed by atoms with Crippen LogP contribution in [0.15, 0.2) is 30.6 Å². The highest BCUT2D eigenvalue weighted by molar-refractivity contribution is 5.95. The molecule has 0 spiro atoms. The molecule has 1 aliphatic rings. The van der Waals surface area contributed by atoms with Crippen molar-refractivity contribution in [1.29, 1.82) is 0 Å². The first-order valence-corrected chi connectivity index (χ1v) is 8.04. The first-order chi connectivity index (χ1) is 11.6. The van der Waals surface area contributed by atoms with E-state index in [1.165, 1.54) is 0 Å². The Kier molecular flexibility index (Phi) is 4.55. The molecule has 0 atom stereocenters. The minimum atomic E-state index is -1.00. The maximum atomic E-state index is 11.9. The van der Waals surface area contributed by atoms with Gasteiger partial charge >= 0.3 is 5.97 Å². The summed E-state index contributed by atoms with van der Waals surface area (Å²) in [4.78, 5) is 34.1. The van der Waals surface area contributed by atoms with Crippen molar-refractivity contribution in [2.45, 2.75) is 26.2 Å². The van der Waals surface area contributed by atoms with E-state index in [1.807, 2.05) is 11.8 Å². The molecule has 124 valence electrons. The predicted molar refractivity (Wildman–Crippen MR) is 88.7 cm³/mol. The lowest BCUT2D eigenvalue weighted by Crippen LogP contribution is -2.32. The van der Waals surface area contributed by atoms with Crippen LogP contribution in [0.3, 0.4) is 0 Å². The van der Waals surface area contributed by atoms with Crippen molar-refractivity contribution in [2.24, 2.45) is 0 Å². The molecule has 0 bridgehead atoms. The van der Waals surface area contributed by atoms with E-state index in [0.717, 1.165) is 11.3 Å². The molecule has 0 saturated heterocycles. The first-order valence-electron chi connectivity index (χ1n) is 8.04. The lowest BCUT2D eigenvalue weighted by Gasteiger charge is -2.18. The lowest BCUT2D eigenvalue weighted by atomic mass is 10.0. The molecule has 1 N–H and O–H groups in total. The molecule has 1 aliphatic heterocycles. The average Bonchev–Trinajstić information content (AvgIpc) is 2.82. The van der Waals surface area contributed by atoms with Gasteiger partial charge in [-0.05, 0) is 30.2 Å². The van der Waals surface area contributed by atoms with E-state index in [-0.39, 0.29) is 11.5 Å². The molecule has 0 unspecified atom stereocenters. The van der Waals surface area contributed by atoms with Gasteiger partial charge in [-0.3, -0.25) is 14.8 Å². The fraction of sp³-hybridized carbons (Fsp3) is 0.333. The average molecular weight is 325 g/mol. The number of hydrogen-bond acceptors (Lipinski definition) is 4. The second-order valence-electron chi connectivity index (χ2n) is 5.77. The van der Waals surface area contributed by atoms with Gasteiger partial charge in [-0.25, -0.2) is 4.79 Å². The molecule has 0 fully saturated rings. The number of aromatic carboxylic acids is 1. The molecule has 6 nitrogen and oxygen atoms in total. The first kappa shape index (κ1) is 16.1. The standard InChI is InChI=1S/C18H19N3O3/c1-2-16(22)21-8-5-12-10-14(18(23)24)17(20-15(12)6-9-21)13-4-3-7-19-11-13/h3-4,7,10-11H,2,5-6,8-9H2,1H3,(H,23,24). The molecule has 3 rings (SSSR count). The van der Waals surface area contributed by atoms with Gasteiger partial charge in [0.05, 0.1) is 11.3 Å². The van der Waals surface area contributed by atoms with E-state index in [1.54, 1.807) is 30.6 Å². The van der Waals surface area contributed by atoms with Gasteiger partial charge < -0.3 is 10.0 Å². The summed E-state index contributed by atoms with van der Waals surface area (Å²) in [7, 11) is 0. The Morgan fingerprint density at radius 3 is 2.75 bits per heavy atom. The van der Waals surface area contributed by atoms with Crippen LogP contribution >= 0.6 is 0 Å². The van der Waals surface area contributed by atoms with E-state index in [9.17, 15) is 14.7 Å². The van der Waals surface area contributed by atoms with Crippen molar-refractivity contribution >= 4 is 11.9 Å². The normalized spacial score (nSPS) is 14.0. The Morgan fingerprint density at radius 2 is 2.08 bits per heavy atom. The van der Waals surface area contributed by atoms with Gasteiger partial charge in [0, 0.05) is 49.6 Å². The summed E-state index contributed by atoms with van der Waals surface area (Å²) in [5, 5.41) is 9.55. The second-order valence-corrected chi connectivity index (χ2v) is 5.77. The number of hydrogen-bond donors (Lipinski definition) is 1. The number of carbonyl (C=O) groups excluding carboxylic acids is 1. The quantitative estimate of drug-likeness (QED) is 0.935. The van der Waals surface area contributed by atoms with Gasteiger partial charge in [0.25, 0.3) is 0 Å². The number of aromatic nitrogens is 2.